The number of imidazole rings is 1. The van der Waals surface area contributed by atoms with Gasteiger partial charge in [-0.25, -0.2) is 15.0 Å². The second-order valence-electron chi connectivity index (χ2n) is 4.46. The number of hydrogen-bond donors (Lipinski definition) is 2. The number of nitrogen functional groups attached to an aromatic ring is 1. The fourth-order valence-electron chi connectivity index (χ4n) is 2.46. The second kappa shape index (κ2) is 4.34. The van der Waals surface area contributed by atoms with E-state index < -0.39 is 0 Å². The highest BCUT2D eigenvalue weighted by Gasteiger charge is 2.31. The minimum absolute atomic E-state index is 0.0129. The van der Waals surface area contributed by atoms with Crippen LogP contribution in [-0.4, -0.2) is 32.5 Å². The van der Waals surface area contributed by atoms with Gasteiger partial charge in [0.15, 0.2) is 11.5 Å². The second-order valence-corrected chi connectivity index (χ2v) is 4.46. The van der Waals surface area contributed by atoms with Crippen molar-refractivity contribution in [2.24, 2.45) is 5.92 Å². The molecule has 2 aromatic rings. The topological polar surface area (TPSA) is 98.7 Å². The first-order chi connectivity index (χ1) is 9.22. The van der Waals surface area contributed by atoms with E-state index in [1.54, 1.807) is 13.4 Å². The molecule has 2 heterocycles. The van der Waals surface area contributed by atoms with E-state index in [2.05, 4.69) is 20.3 Å². The van der Waals surface area contributed by atoms with E-state index in [4.69, 9.17) is 5.73 Å². The van der Waals surface area contributed by atoms with Crippen molar-refractivity contribution in [2.75, 3.05) is 12.8 Å². The number of hydrogen-bond acceptors (Lipinski definition) is 5. The summed E-state index contributed by atoms with van der Waals surface area (Å²) in [6.45, 7) is 0. The Morgan fingerprint density at radius 3 is 3.11 bits per heavy atom. The monoisotopic (exact) mass is 258 g/mol. The van der Waals surface area contributed by atoms with Crippen LogP contribution < -0.4 is 11.1 Å². The van der Waals surface area contributed by atoms with Gasteiger partial charge in [0.1, 0.15) is 11.8 Å². The molecule has 0 fully saturated rings. The lowest BCUT2D eigenvalue weighted by Crippen LogP contribution is -2.31. The predicted octanol–water partition coefficient (Wildman–Crippen LogP) is 0.272. The van der Waals surface area contributed by atoms with E-state index in [-0.39, 0.29) is 17.9 Å². The zero-order chi connectivity index (χ0) is 13.4. The number of amides is 1. The van der Waals surface area contributed by atoms with E-state index in [1.807, 2.05) is 16.7 Å². The molecule has 0 saturated carbocycles. The third kappa shape index (κ3) is 1.74. The molecule has 1 aliphatic carbocycles. The predicted molar refractivity (Wildman–Crippen MR) is 70.1 cm³/mol. The van der Waals surface area contributed by atoms with Crippen LogP contribution in [0.3, 0.4) is 0 Å². The number of fused-ring (bicyclic) bond motifs is 1. The van der Waals surface area contributed by atoms with Crippen LogP contribution in [0.4, 0.5) is 5.82 Å². The molecule has 3 N–H and O–H groups in total. The Labute approximate surface area is 109 Å². The van der Waals surface area contributed by atoms with Crippen molar-refractivity contribution in [1.82, 2.24) is 24.8 Å². The van der Waals surface area contributed by atoms with Crippen molar-refractivity contribution in [3.8, 4) is 0 Å². The van der Waals surface area contributed by atoms with E-state index in [0.717, 1.165) is 0 Å². The normalized spacial score (nSPS) is 21.9. The molecule has 0 radical (unpaired) electrons. The SMILES string of the molecule is CNC(=O)C1CC=CC1n1cnc2c(N)ncnc21. The maximum atomic E-state index is 11.9. The third-order valence-corrected chi connectivity index (χ3v) is 3.43. The maximum Gasteiger partial charge on any atom is 0.225 e. The molecule has 0 aliphatic heterocycles. The van der Waals surface area contributed by atoms with Crippen molar-refractivity contribution in [2.45, 2.75) is 12.5 Å². The van der Waals surface area contributed by atoms with Gasteiger partial charge in [0.05, 0.1) is 18.3 Å². The quantitative estimate of drug-likeness (QED) is 0.753. The average molecular weight is 258 g/mol. The number of nitrogens with two attached hydrogens (primary N) is 1. The lowest BCUT2D eigenvalue weighted by Gasteiger charge is -2.19. The molecule has 2 aromatic heterocycles. The highest BCUT2D eigenvalue weighted by molar-refractivity contribution is 5.83. The van der Waals surface area contributed by atoms with E-state index in [9.17, 15) is 4.79 Å². The summed E-state index contributed by atoms with van der Waals surface area (Å²) >= 11 is 0. The first kappa shape index (κ1) is 11.6. The van der Waals surface area contributed by atoms with Gasteiger partial charge in [-0.15, -0.1) is 0 Å². The van der Waals surface area contributed by atoms with E-state index >= 15 is 0 Å². The number of carbonyl (C=O) groups is 1. The Morgan fingerprint density at radius 2 is 2.32 bits per heavy atom. The molecule has 19 heavy (non-hydrogen) atoms. The lowest BCUT2D eigenvalue weighted by molar-refractivity contribution is -0.125. The van der Waals surface area contributed by atoms with Gasteiger partial charge in [-0.2, -0.15) is 0 Å². The fraction of sp³-hybridized carbons (Fsp3) is 0.333. The van der Waals surface area contributed by atoms with Crippen LogP contribution in [0.15, 0.2) is 24.8 Å². The molecule has 0 bridgehead atoms. The zero-order valence-electron chi connectivity index (χ0n) is 10.4. The fourth-order valence-corrected chi connectivity index (χ4v) is 2.46. The van der Waals surface area contributed by atoms with Crippen molar-refractivity contribution >= 4 is 22.9 Å². The number of nitrogens with zero attached hydrogens (tertiary/aromatic N) is 4. The summed E-state index contributed by atoms with van der Waals surface area (Å²) in [6.07, 6.45) is 7.78. The molecule has 1 amide bonds. The van der Waals surface area contributed by atoms with Gasteiger partial charge in [-0.05, 0) is 6.42 Å². The molecule has 7 heteroatoms. The number of rotatable bonds is 2. The summed E-state index contributed by atoms with van der Waals surface area (Å²) < 4.78 is 1.87. The molecule has 3 rings (SSSR count). The molecule has 2 unspecified atom stereocenters. The van der Waals surface area contributed by atoms with Gasteiger partial charge in [0.25, 0.3) is 0 Å². The van der Waals surface area contributed by atoms with Gasteiger partial charge < -0.3 is 15.6 Å². The van der Waals surface area contributed by atoms with E-state index in [0.29, 0.717) is 23.4 Å². The Kier molecular flexibility index (Phi) is 2.66. The standard InChI is InChI=1S/C12H14N6O/c1-14-12(19)7-3-2-4-8(7)18-6-17-9-10(13)15-5-16-11(9)18/h2,4-8H,3H2,1H3,(H,14,19)(H2,13,15,16). The average Bonchev–Trinajstić information content (AvgIpc) is 3.04. The largest absolute Gasteiger partial charge is 0.382 e. The summed E-state index contributed by atoms with van der Waals surface area (Å²) in [5.74, 6) is 0.222. The van der Waals surface area contributed by atoms with E-state index in [1.165, 1.54) is 6.33 Å². The summed E-state index contributed by atoms with van der Waals surface area (Å²) in [6, 6.07) is -0.0840. The van der Waals surface area contributed by atoms with Crippen molar-refractivity contribution in [3.63, 3.8) is 0 Å². The maximum absolute atomic E-state index is 11.9. The lowest BCUT2D eigenvalue weighted by atomic mass is 10.0. The zero-order valence-corrected chi connectivity index (χ0v) is 10.4. The van der Waals surface area contributed by atoms with Crippen molar-refractivity contribution in [3.05, 3.63) is 24.8 Å². The van der Waals surface area contributed by atoms with Crippen LogP contribution in [0.2, 0.25) is 0 Å². The molecular formula is C12H14N6O. The molecule has 0 spiro atoms. The number of aromatic nitrogens is 4. The summed E-state index contributed by atoms with van der Waals surface area (Å²) in [5.41, 5.74) is 6.98. The van der Waals surface area contributed by atoms with Gasteiger partial charge in [0.2, 0.25) is 5.91 Å². The van der Waals surface area contributed by atoms with Crippen LogP contribution in [-0.2, 0) is 4.79 Å². The summed E-state index contributed by atoms with van der Waals surface area (Å²) in [7, 11) is 1.64. The van der Waals surface area contributed by atoms with Gasteiger partial charge >= 0.3 is 0 Å². The Balaban J connectivity index is 2.07. The smallest absolute Gasteiger partial charge is 0.225 e. The summed E-state index contributed by atoms with van der Waals surface area (Å²) in [4.78, 5) is 24.2. The molecule has 0 saturated heterocycles. The first-order valence-electron chi connectivity index (χ1n) is 6.03. The van der Waals surface area contributed by atoms with Crippen molar-refractivity contribution < 1.29 is 4.79 Å². The van der Waals surface area contributed by atoms with Gasteiger partial charge in [-0.3, -0.25) is 4.79 Å². The summed E-state index contributed by atoms with van der Waals surface area (Å²) in [5, 5.41) is 2.69. The van der Waals surface area contributed by atoms with Crippen molar-refractivity contribution in [1.29, 1.82) is 0 Å². The minimum Gasteiger partial charge on any atom is -0.382 e. The molecule has 1 aliphatic rings. The highest BCUT2D eigenvalue weighted by atomic mass is 16.1. The molecule has 7 nitrogen and oxygen atoms in total. The Bertz CT molecular complexity index is 661. The van der Waals surface area contributed by atoms with Gasteiger partial charge in [0, 0.05) is 7.05 Å². The van der Waals surface area contributed by atoms with Crippen LogP contribution in [0.25, 0.3) is 11.2 Å². The van der Waals surface area contributed by atoms with Crippen LogP contribution in [0, 0.1) is 5.92 Å². The Hall–Kier alpha value is -2.44. The molecule has 0 aromatic carbocycles. The first-order valence-corrected chi connectivity index (χ1v) is 6.03. The van der Waals surface area contributed by atoms with Crippen LogP contribution in [0.1, 0.15) is 12.5 Å². The number of nitrogens with one attached hydrogen (secondary N) is 1. The number of allylic oxidation sites excluding steroid dienone is 2. The number of anilines is 1. The Morgan fingerprint density at radius 1 is 1.47 bits per heavy atom. The molecular weight excluding hydrogens is 244 g/mol. The molecule has 2 atom stereocenters. The van der Waals surface area contributed by atoms with Gasteiger partial charge in [-0.1, -0.05) is 12.2 Å². The highest BCUT2D eigenvalue weighted by Crippen LogP contribution is 2.32. The third-order valence-electron chi connectivity index (χ3n) is 3.43. The van der Waals surface area contributed by atoms with Crippen LogP contribution in [0.5, 0.6) is 0 Å². The minimum atomic E-state index is -0.140. The molecule has 98 valence electrons. The van der Waals surface area contributed by atoms with Crippen LogP contribution >= 0.6 is 0 Å². The number of carbonyl (C=O) groups excluding carboxylic acids is 1.